The van der Waals surface area contributed by atoms with Crippen molar-refractivity contribution in [3.8, 4) is 11.5 Å². The molecule has 0 bridgehead atoms. The minimum Gasteiger partial charge on any atom is -0.492 e. The van der Waals surface area contributed by atoms with Gasteiger partial charge in [-0.05, 0) is 67.9 Å². The molecule has 0 aliphatic carbocycles. The Bertz CT molecular complexity index is 1610. The molecule has 5 rings (SSSR count). The van der Waals surface area contributed by atoms with Crippen LogP contribution in [0, 0.1) is 19.7 Å². The second-order valence-electron chi connectivity index (χ2n) is 9.03. The summed E-state index contributed by atoms with van der Waals surface area (Å²) in [6, 6.07) is 19.4. The van der Waals surface area contributed by atoms with E-state index in [0.29, 0.717) is 50.3 Å². The number of aromatic carboxylic acids is 1. The van der Waals surface area contributed by atoms with Gasteiger partial charge in [0, 0.05) is 11.1 Å². The van der Waals surface area contributed by atoms with Gasteiger partial charge in [-0.2, -0.15) is 5.10 Å². The van der Waals surface area contributed by atoms with Crippen LogP contribution in [0.4, 0.5) is 4.39 Å². The van der Waals surface area contributed by atoms with Crippen LogP contribution in [-0.4, -0.2) is 34.1 Å². The summed E-state index contributed by atoms with van der Waals surface area (Å²) in [5, 5.41) is 15.2. The summed E-state index contributed by atoms with van der Waals surface area (Å²) in [6.07, 6.45) is 0. The minimum absolute atomic E-state index is 0.103. The highest BCUT2D eigenvalue weighted by molar-refractivity contribution is 8.14. The van der Waals surface area contributed by atoms with E-state index in [4.69, 9.17) is 13.9 Å². The topological polar surface area (TPSA) is 102 Å². The molecular formula is C30H25FN2O6S. The monoisotopic (exact) mass is 560 g/mol. The first-order valence-electron chi connectivity index (χ1n) is 12.3. The molecule has 0 saturated carbocycles. The van der Waals surface area contributed by atoms with E-state index in [2.05, 4.69) is 5.10 Å². The Balaban J connectivity index is 1.50. The number of hydrogen-bond donors (Lipinski definition) is 1. The van der Waals surface area contributed by atoms with Gasteiger partial charge in [-0.1, -0.05) is 36.0 Å². The van der Waals surface area contributed by atoms with E-state index in [1.54, 1.807) is 62.4 Å². The summed E-state index contributed by atoms with van der Waals surface area (Å²) in [6.45, 7) is 3.59. The third-order valence-electron chi connectivity index (χ3n) is 6.26. The smallest absolute Gasteiger partial charge is 0.335 e. The van der Waals surface area contributed by atoms with Crippen LogP contribution in [0.15, 0.2) is 82.3 Å². The van der Waals surface area contributed by atoms with E-state index in [1.165, 1.54) is 42.1 Å². The number of para-hydroxylation sites is 1. The third-order valence-corrected chi connectivity index (χ3v) is 7.48. The van der Waals surface area contributed by atoms with Crippen LogP contribution >= 0.6 is 11.8 Å². The van der Waals surface area contributed by atoms with Gasteiger partial charge in [-0.15, -0.1) is 0 Å². The van der Waals surface area contributed by atoms with Crippen molar-refractivity contribution in [2.45, 2.75) is 25.8 Å². The zero-order valence-corrected chi connectivity index (χ0v) is 22.7. The number of nitrogens with zero attached hydrogens (tertiary/aromatic N) is 2. The van der Waals surface area contributed by atoms with E-state index in [9.17, 15) is 19.1 Å². The lowest BCUT2D eigenvalue weighted by Gasteiger charge is -2.23. The molecule has 1 aromatic heterocycles. The zero-order chi connectivity index (χ0) is 28.4. The Labute approximate surface area is 234 Å². The van der Waals surface area contributed by atoms with E-state index >= 15 is 0 Å². The Morgan fingerprint density at radius 3 is 2.50 bits per heavy atom. The van der Waals surface area contributed by atoms with Gasteiger partial charge in [0.15, 0.2) is 11.5 Å². The maximum absolute atomic E-state index is 13.7. The van der Waals surface area contributed by atoms with Crippen molar-refractivity contribution in [3.05, 3.63) is 118 Å². The fourth-order valence-electron chi connectivity index (χ4n) is 4.38. The van der Waals surface area contributed by atoms with Gasteiger partial charge in [0.2, 0.25) is 0 Å². The molecule has 1 N–H and O–H groups in total. The van der Waals surface area contributed by atoms with Gasteiger partial charge in [-0.25, -0.2) is 14.2 Å². The Morgan fingerprint density at radius 2 is 1.82 bits per heavy atom. The van der Waals surface area contributed by atoms with Gasteiger partial charge in [0.25, 0.3) is 5.91 Å². The summed E-state index contributed by atoms with van der Waals surface area (Å²) in [4.78, 5) is 25.1. The lowest BCUT2D eigenvalue weighted by Crippen LogP contribution is -2.26. The Hall–Kier alpha value is -4.57. The normalized spacial score (nSPS) is 14.7. The number of carbonyl (C=O) groups excluding carboxylic acids is 1. The fourth-order valence-corrected chi connectivity index (χ4v) is 5.55. The van der Waals surface area contributed by atoms with Crippen molar-refractivity contribution >= 4 is 28.7 Å². The minimum atomic E-state index is -1.02. The number of carboxylic acids is 1. The van der Waals surface area contributed by atoms with E-state index in [0.717, 1.165) is 0 Å². The summed E-state index contributed by atoms with van der Waals surface area (Å²) < 4.78 is 31.0. The second kappa shape index (κ2) is 11.3. The highest BCUT2D eigenvalue weighted by atomic mass is 32.2. The van der Waals surface area contributed by atoms with Crippen molar-refractivity contribution in [3.63, 3.8) is 0 Å². The zero-order valence-electron chi connectivity index (χ0n) is 21.9. The van der Waals surface area contributed by atoms with Crippen LogP contribution in [0.2, 0.25) is 0 Å². The molecule has 204 valence electrons. The van der Waals surface area contributed by atoms with Gasteiger partial charge in [0.05, 0.1) is 18.2 Å². The highest BCUT2D eigenvalue weighted by Crippen LogP contribution is 2.48. The molecule has 1 aliphatic heterocycles. The predicted molar refractivity (Wildman–Crippen MR) is 148 cm³/mol. The quantitative estimate of drug-likeness (QED) is 0.260. The summed E-state index contributed by atoms with van der Waals surface area (Å²) in [5.41, 5.74) is 2.52. The van der Waals surface area contributed by atoms with Crippen LogP contribution in [0.5, 0.6) is 11.5 Å². The largest absolute Gasteiger partial charge is 0.492 e. The SMILES string of the molecule is COc1c(OCc2cccc(C(=O)O)c2)cccc1C1SC(c2ccc(F)cc2)=NN1C(=O)c1cc(C)oc1C. The molecule has 1 amide bonds. The van der Waals surface area contributed by atoms with Crippen LogP contribution < -0.4 is 9.47 Å². The van der Waals surface area contributed by atoms with Crippen molar-refractivity contribution in [1.82, 2.24) is 5.01 Å². The first-order chi connectivity index (χ1) is 19.2. The first kappa shape index (κ1) is 27.0. The molecule has 1 atom stereocenters. The molecule has 1 aliphatic rings. The Kier molecular flexibility index (Phi) is 7.61. The highest BCUT2D eigenvalue weighted by Gasteiger charge is 2.38. The molecule has 0 spiro atoms. The standard InChI is InChI=1S/C30H25FN2O6S/c1-17-14-24(18(2)39-17)28(34)33-29(40-27(32-33)20-10-12-22(31)13-11-20)23-8-5-9-25(26(23)37-3)38-16-19-6-4-7-21(15-19)30(35)36/h4-15,29H,16H2,1-3H3,(H,35,36). The number of furan rings is 1. The average molecular weight is 561 g/mol. The molecule has 0 saturated heterocycles. The maximum Gasteiger partial charge on any atom is 0.335 e. The number of hydrazone groups is 1. The van der Waals surface area contributed by atoms with E-state index < -0.39 is 11.3 Å². The van der Waals surface area contributed by atoms with Gasteiger partial charge in [0.1, 0.15) is 34.4 Å². The number of aryl methyl sites for hydroxylation is 2. The number of benzene rings is 3. The summed E-state index contributed by atoms with van der Waals surface area (Å²) in [5.74, 6) is 0.146. The molecule has 0 fully saturated rings. The summed E-state index contributed by atoms with van der Waals surface area (Å²) >= 11 is 1.33. The van der Waals surface area contributed by atoms with E-state index in [1.807, 2.05) is 6.07 Å². The number of methoxy groups -OCH3 is 1. The number of rotatable bonds is 8. The number of carbonyl (C=O) groups is 2. The van der Waals surface area contributed by atoms with Gasteiger partial charge >= 0.3 is 5.97 Å². The molecule has 3 aromatic carbocycles. The second-order valence-corrected chi connectivity index (χ2v) is 10.1. The lowest BCUT2D eigenvalue weighted by atomic mass is 10.1. The lowest BCUT2D eigenvalue weighted by molar-refractivity contribution is 0.0695. The van der Waals surface area contributed by atoms with Crippen molar-refractivity contribution in [1.29, 1.82) is 0 Å². The van der Waals surface area contributed by atoms with Crippen molar-refractivity contribution < 1.29 is 33.0 Å². The van der Waals surface area contributed by atoms with Crippen LogP contribution in [0.25, 0.3) is 0 Å². The Morgan fingerprint density at radius 1 is 1.07 bits per heavy atom. The molecule has 8 nitrogen and oxygen atoms in total. The van der Waals surface area contributed by atoms with Crippen LogP contribution in [0.1, 0.15) is 54.3 Å². The van der Waals surface area contributed by atoms with Crippen LogP contribution in [0.3, 0.4) is 0 Å². The van der Waals surface area contributed by atoms with E-state index in [-0.39, 0.29) is 23.9 Å². The first-order valence-corrected chi connectivity index (χ1v) is 13.2. The molecule has 10 heteroatoms. The van der Waals surface area contributed by atoms with Gasteiger partial charge in [-0.3, -0.25) is 4.79 Å². The average Bonchev–Trinajstić information content (AvgIpc) is 3.54. The molecule has 2 heterocycles. The molecule has 4 aromatic rings. The third kappa shape index (κ3) is 5.43. The predicted octanol–water partition coefficient (Wildman–Crippen LogP) is 6.57. The molecular weight excluding hydrogens is 535 g/mol. The maximum atomic E-state index is 13.7. The molecule has 1 unspecified atom stereocenters. The number of ether oxygens (including phenoxy) is 2. The number of thioether (sulfide) groups is 1. The fraction of sp³-hybridized carbons (Fsp3) is 0.167. The summed E-state index contributed by atoms with van der Waals surface area (Å²) in [7, 11) is 1.51. The number of hydrogen-bond acceptors (Lipinski definition) is 7. The van der Waals surface area contributed by atoms with Crippen LogP contribution in [-0.2, 0) is 6.61 Å². The van der Waals surface area contributed by atoms with Crippen molar-refractivity contribution in [2.24, 2.45) is 5.10 Å². The number of amides is 1. The van der Waals surface area contributed by atoms with Gasteiger partial charge < -0.3 is 19.0 Å². The molecule has 0 radical (unpaired) electrons. The molecule has 40 heavy (non-hydrogen) atoms. The van der Waals surface area contributed by atoms with Crippen molar-refractivity contribution in [2.75, 3.05) is 7.11 Å². The number of carboxylic acid groups (broad SMARTS) is 1. The number of halogens is 1.